The fraction of sp³-hybridized carbons (Fsp3) is 0.647. The number of hydrogen-bond donors (Lipinski definition) is 1. The van der Waals surface area contributed by atoms with Crippen molar-refractivity contribution >= 4 is 22.6 Å². The highest BCUT2D eigenvalue weighted by Crippen LogP contribution is 2.37. The molecule has 27 heavy (non-hydrogen) atoms. The number of nitrogens with one attached hydrogen (secondary N) is 1. The van der Waals surface area contributed by atoms with E-state index in [9.17, 15) is 21.6 Å². The van der Waals surface area contributed by atoms with Crippen molar-refractivity contribution in [2.45, 2.75) is 69.7 Å². The molecule has 1 aliphatic rings. The molecule has 152 valence electrons. The number of rotatable bonds is 6. The highest BCUT2D eigenvalue weighted by Gasteiger charge is 2.53. The van der Waals surface area contributed by atoms with Crippen LogP contribution in [0.2, 0.25) is 0 Å². The van der Waals surface area contributed by atoms with Gasteiger partial charge in [-0.2, -0.15) is 13.2 Å². The predicted molar refractivity (Wildman–Crippen MR) is 97.3 cm³/mol. The van der Waals surface area contributed by atoms with Gasteiger partial charge in [0.25, 0.3) is 0 Å². The predicted octanol–water partition coefficient (Wildman–Crippen LogP) is 3.08. The molecular formula is C17H25BF3NO4S. The molecule has 0 aliphatic carbocycles. The van der Waals surface area contributed by atoms with E-state index < -0.39 is 40.1 Å². The molecule has 0 aromatic heterocycles. The highest BCUT2D eigenvalue weighted by atomic mass is 32.2. The number of sulfonamides is 1. The maximum Gasteiger partial charge on any atom is 0.496 e. The molecule has 0 saturated carbocycles. The van der Waals surface area contributed by atoms with E-state index in [1.165, 1.54) is 0 Å². The Morgan fingerprint density at radius 3 is 2.15 bits per heavy atom. The van der Waals surface area contributed by atoms with E-state index in [2.05, 4.69) is 4.72 Å². The number of hydrogen-bond acceptors (Lipinski definition) is 4. The molecule has 10 heteroatoms. The van der Waals surface area contributed by atoms with E-state index in [1.54, 1.807) is 27.7 Å². The van der Waals surface area contributed by atoms with Crippen molar-refractivity contribution in [1.82, 2.24) is 4.72 Å². The molecule has 0 spiro atoms. The fourth-order valence-corrected chi connectivity index (χ4v) is 3.87. The lowest BCUT2D eigenvalue weighted by Gasteiger charge is -2.32. The maximum absolute atomic E-state index is 13.2. The van der Waals surface area contributed by atoms with Gasteiger partial charge in [-0.05, 0) is 52.3 Å². The second-order valence-electron chi connectivity index (χ2n) is 7.59. The number of benzene rings is 1. The van der Waals surface area contributed by atoms with E-state index in [0.29, 0.717) is 6.42 Å². The second kappa shape index (κ2) is 7.38. The Hall–Kier alpha value is -1.10. The topological polar surface area (TPSA) is 64.6 Å². The van der Waals surface area contributed by atoms with Gasteiger partial charge in [0.15, 0.2) is 0 Å². The summed E-state index contributed by atoms with van der Waals surface area (Å²) < 4.78 is 78.9. The van der Waals surface area contributed by atoms with Gasteiger partial charge in [-0.3, -0.25) is 0 Å². The summed E-state index contributed by atoms with van der Waals surface area (Å²) in [5.74, 6) is 0. The molecule has 0 atom stereocenters. The van der Waals surface area contributed by atoms with Crippen LogP contribution in [0, 0.1) is 0 Å². The zero-order valence-corrected chi connectivity index (χ0v) is 16.9. The summed E-state index contributed by atoms with van der Waals surface area (Å²) in [5, 5.41) is 0. The summed E-state index contributed by atoms with van der Waals surface area (Å²) in [6.45, 7) is 9.08. The molecule has 0 bridgehead atoms. The Balaban J connectivity index is 2.53. The number of alkyl halides is 3. The summed E-state index contributed by atoms with van der Waals surface area (Å²) in [7, 11) is -5.24. The van der Waals surface area contributed by atoms with Crippen molar-refractivity contribution in [3.63, 3.8) is 0 Å². The molecule has 1 aromatic carbocycles. The summed E-state index contributed by atoms with van der Waals surface area (Å²) >= 11 is 0. The van der Waals surface area contributed by atoms with Gasteiger partial charge in [0.1, 0.15) is 0 Å². The van der Waals surface area contributed by atoms with Crippen LogP contribution in [0.5, 0.6) is 0 Å². The largest absolute Gasteiger partial charge is 0.496 e. The molecule has 0 unspecified atom stereocenters. The molecule has 2 rings (SSSR count). The molecule has 1 fully saturated rings. The molecular weight excluding hydrogens is 382 g/mol. The normalized spacial score (nSPS) is 19.5. The highest BCUT2D eigenvalue weighted by molar-refractivity contribution is 7.89. The Bertz CT molecular complexity index is 778. The summed E-state index contributed by atoms with van der Waals surface area (Å²) in [6.07, 6.45) is -3.22. The number of halogens is 3. The minimum atomic E-state index is -4.61. The van der Waals surface area contributed by atoms with E-state index >= 15 is 0 Å². The zero-order valence-electron chi connectivity index (χ0n) is 16.1. The van der Waals surface area contributed by atoms with Crippen LogP contribution in [0.3, 0.4) is 0 Å². The maximum atomic E-state index is 13.2. The molecule has 0 radical (unpaired) electrons. The van der Waals surface area contributed by atoms with Gasteiger partial charge >= 0.3 is 13.3 Å². The zero-order chi connectivity index (χ0) is 20.7. The van der Waals surface area contributed by atoms with Crippen LogP contribution in [0.4, 0.5) is 13.2 Å². The van der Waals surface area contributed by atoms with Gasteiger partial charge in [-0.15, -0.1) is 0 Å². The second-order valence-corrected chi connectivity index (χ2v) is 9.33. The van der Waals surface area contributed by atoms with Crippen LogP contribution in [0.15, 0.2) is 23.1 Å². The molecule has 0 amide bonds. The van der Waals surface area contributed by atoms with Gasteiger partial charge in [-0.1, -0.05) is 13.3 Å². The van der Waals surface area contributed by atoms with Gasteiger partial charge in [0.05, 0.1) is 21.7 Å². The molecule has 1 heterocycles. The van der Waals surface area contributed by atoms with Crippen molar-refractivity contribution in [2.24, 2.45) is 0 Å². The molecule has 1 aromatic rings. The molecule has 5 nitrogen and oxygen atoms in total. The Morgan fingerprint density at radius 2 is 1.67 bits per heavy atom. The minimum absolute atomic E-state index is 0.160. The van der Waals surface area contributed by atoms with E-state index in [0.717, 1.165) is 24.6 Å². The Labute approximate surface area is 158 Å². The van der Waals surface area contributed by atoms with Crippen LogP contribution in [0.25, 0.3) is 0 Å². The first-order valence-corrected chi connectivity index (χ1v) is 10.3. The van der Waals surface area contributed by atoms with Crippen LogP contribution >= 0.6 is 0 Å². The monoisotopic (exact) mass is 407 g/mol. The quantitative estimate of drug-likeness (QED) is 0.582. The smallest absolute Gasteiger partial charge is 0.399 e. The Kier molecular flexibility index (Phi) is 6.07. The van der Waals surface area contributed by atoms with Gasteiger partial charge in [0, 0.05) is 12.0 Å². The first-order valence-electron chi connectivity index (χ1n) is 8.78. The van der Waals surface area contributed by atoms with Gasteiger partial charge in [0.2, 0.25) is 10.0 Å². The minimum Gasteiger partial charge on any atom is -0.399 e. The molecule has 1 aliphatic heterocycles. The first-order chi connectivity index (χ1) is 12.2. The third kappa shape index (κ3) is 4.67. The Morgan fingerprint density at radius 1 is 1.11 bits per heavy atom. The van der Waals surface area contributed by atoms with Crippen molar-refractivity contribution in [3.8, 4) is 0 Å². The van der Waals surface area contributed by atoms with Crippen molar-refractivity contribution in [3.05, 3.63) is 23.8 Å². The first kappa shape index (κ1) is 22.2. The lowest BCUT2D eigenvalue weighted by atomic mass is 9.78. The third-order valence-corrected chi connectivity index (χ3v) is 6.49. The fourth-order valence-electron chi connectivity index (χ4n) is 2.58. The van der Waals surface area contributed by atoms with Gasteiger partial charge < -0.3 is 9.31 Å². The molecule has 1 N–H and O–H groups in total. The average molecular weight is 407 g/mol. The van der Waals surface area contributed by atoms with E-state index in [1.807, 2.05) is 6.92 Å². The summed E-state index contributed by atoms with van der Waals surface area (Å²) in [4.78, 5) is -0.273. The van der Waals surface area contributed by atoms with Crippen molar-refractivity contribution in [2.75, 3.05) is 6.54 Å². The van der Waals surface area contributed by atoms with Crippen LogP contribution in [-0.2, 0) is 25.5 Å². The SMILES string of the molecule is CCCCNS(=O)(=O)c1ccc(C(F)(F)F)cc1B1OC(C)(C)C(C)(C)O1. The van der Waals surface area contributed by atoms with Crippen molar-refractivity contribution < 1.29 is 30.9 Å². The van der Waals surface area contributed by atoms with Gasteiger partial charge in [-0.25, -0.2) is 13.1 Å². The summed E-state index contributed by atoms with van der Waals surface area (Å²) in [6, 6.07) is 2.50. The lowest BCUT2D eigenvalue weighted by Crippen LogP contribution is -2.41. The lowest BCUT2D eigenvalue weighted by molar-refractivity contribution is -0.137. The third-order valence-electron chi connectivity index (χ3n) is 4.96. The van der Waals surface area contributed by atoms with Crippen molar-refractivity contribution in [1.29, 1.82) is 0 Å². The average Bonchev–Trinajstić information content (AvgIpc) is 2.74. The van der Waals surface area contributed by atoms with Crippen LogP contribution < -0.4 is 10.2 Å². The standard InChI is InChI=1S/C17H25BF3NO4S/c1-6-7-10-22-27(23,24)14-9-8-12(17(19,20)21)11-13(14)18-25-15(2,3)16(4,5)26-18/h8-9,11,22H,6-7,10H2,1-5H3. The molecule has 1 saturated heterocycles. The van der Waals surface area contributed by atoms with Crippen LogP contribution in [0.1, 0.15) is 53.0 Å². The number of unbranched alkanes of at least 4 members (excludes halogenated alkanes) is 1. The van der Waals surface area contributed by atoms with Crippen LogP contribution in [-0.4, -0.2) is 33.3 Å². The van der Waals surface area contributed by atoms with E-state index in [-0.39, 0.29) is 16.9 Å². The van der Waals surface area contributed by atoms with E-state index in [4.69, 9.17) is 9.31 Å². The summed E-state index contributed by atoms with van der Waals surface area (Å²) in [5.41, 5.74) is -2.75.